The van der Waals surface area contributed by atoms with Gasteiger partial charge in [-0.05, 0) is 18.8 Å². The average molecular weight is 292 g/mol. The highest BCUT2D eigenvalue weighted by molar-refractivity contribution is 5.62. The van der Waals surface area contributed by atoms with Gasteiger partial charge in [-0.15, -0.1) is 6.58 Å². The van der Waals surface area contributed by atoms with Crippen LogP contribution in [0.2, 0.25) is 0 Å². The lowest BCUT2D eigenvalue weighted by Crippen LogP contribution is -2.13. The van der Waals surface area contributed by atoms with Crippen molar-refractivity contribution in [3.8, 4) is 5.88 Å². The Balaban J connectivity index is 2.39. The molecular formula is C14H20N4O3. The first-order valence-electron chi connectivity index (χ1n) is 7.06. The first-order valence-corrected chi connectivity index (χ1v) is 7.06. The summed E-state index contributed by atoms with van der Waals surface area (Å²) >= 11 is 0. The summed E-state index contributed by atoms with van der Waals surface area (Å²) in [6.07, 6.45) is 3.65. The fourth-order valence-corrected chi connectivity index (χ4v) is 1.78. The third-order valence-electron chi connectivity index (χ3n) is 2.96. The number of nitrogens with one attached hydrogen (secondary N) is 1. The normalized spacial score (nSPS) is 14.0. The Bertz CT molecular complexity index is 541. The number of rotatable bonds is 8. The van der Waals surface area contributed by atoms with Gasteiger partial charge in [0.05, 0.1) is 11.5 Å². The first-order chi connectivity index (χ1) is 10.0. The quantitative estimate of drug-likeness (QED) is 0.450. The fourth-order valence-electron chi connectivity index (χ4n) is 1.78. The average Bonchev–Trinajstić information content (AvgIpc) is 3.26. The molecule has 1 aliphatic carbocycles. The number of anilines is 1. The van der Waals surface area contributed by atoms with Crippen molar-refractivity contribution >= 4 is 11.5 Å². The van der Waals surface area contributed by atoms with Crippen molar-refractivity contribution in [1.82, 2.24) is 9.97 Å². The molecule has 0 bridgehead atoms. The van der Waals surface area contributed by atoms with E-state index in [1.807, 2.05) is 13.8 Å². The van der Waals surface area contributed by atoms with E-state index < -0.39 is 4.92 Å². The van der Waals surface area contributed by atoms with Crippen LogP contribution in [0.3, 0.4) is 0 Å². The van der Waals surface area contributed by atoms with Crippen LogP contribution in [0.4, 0.5) is 11.5 Å². The van der Waals surface area contributed by atoms with Crippen molar-refractivity contribution in [1.29, 1.82) is 0 Å². The van der Waals surface area contributed by atoms with Crippen molar-refractivity contribution in [3.05, 3.63) is 28.6 Å². The van der Waals surface area contributed by atoms with Crippen LogP contribution in [0.1, 0.15) is 38.4 Å². The van der Waals surface area contributed by atoms with E-state index in [1.54, 1.807) is 6.08 Å². The van der Waals surface area contributed by atoms with E-state index in [4.69, 9.17) is 4.74 Å². The Morgan fingerprint density at radius 2 is 2.24 bits per heavy atom. The summed E-state index contributed by atoms with van der Waals surface area (Å²) in [5, 5.41) is 14.2. The predicted molar refractivity (Wildman–Crippen MR) is 79.7 cm³/mol. The van der Waals surface area contributed by atoms with Crippen molar-refractivity contribution in [2.45, 2.75) is 32.6 Å². The molecule has 2 rings (SSSR count). The second-order valence-electron chi connectivity index (χ2n) is 5.49. The zero-order chi connectivity index (χ0) is 15.4. The highest BCUT2D eigenvalue weighted by atomic mass is 16.6. The van der Waals surface area contributed by atoms with E-state index in [9.17, 15) is 10.1 Å². The fraction of sp³-hybridized carbons (Fsp3) is 0.571. The number of hydrogen-bond donors (Lipinski definition) is 1. The number of ether oxygens (including phenoxy) is 1. The van der Waals surface area contributed by atoms with Crippen LogP contribution in [-0.4, -0.2) is 28.0 Å². The van der Waals surface area contributed by atoms with Crippen LogP contribution in [-0.2, 0) is 0 Å². The molecule has 1 heterocycles. The van der Waals surface area contributed by atoms with Gasteiger partial charge in [-0.2, -0.15) is 4.98 Å². The lowest BCUT2D eigenvalue weighted by molar-refractivity contribution is -0.385. The Hall–Kier alpha value is -2.18. The summed E-state index contributed by atoms with van der Waals surface area (Å²) in [5.41, 5.74) is -0.207. The predicted octanol–water partition coefficient (Wildman–Crippen LogP) is 2.89. The summed E-state index contributed by atoms with van der Waals surface area (Å²) in [4.78, 5) is 19.4. The molecular weight excluding hydrogens is 272 g/mol. The number of hydrogen-bond acceptors (Lipinski definition) is 6. The third-order valence-corrected chi connectivity index (χ3v) is 2.96. The minimum Gasteiger partial charge on any atom is -0.472 e. The van der Waals surface area contributed by atoms with E-state index in [0.29, 0.717) is 19.0 Å². The van der Waals surface area contributed by atoms with Gasteiger partial charge in [0.2, 0.25) is 5.82 Å². The van der Waals surface area contributed by atoms with E-state index in [0.717, 1.165) is 12.8 Å². The maximum Gasteiger partial charge on any atom is 0.372 e. The van der Waals surface area contributed by atoms with Crippen molar-refractivity contribution in [2.24, 2.45) is 5.92 Å². The first kappa shape index (κ1) is 15.2. The van der Waals surface area contributed by atoms with Gasteiger partial charge in [0, 0.05) is 12.5 Å². The number of nitrogens with zero attached hydrogens (tertiary/aromatic N) is 3. The van der Waals surface area contributed by atoms with Crippen LogP contribution in [0.15, 0.2) is 12.7 Å². The summed E-state index contributed by atoms with van der Waals surface area (Å²) in [5.74, 6) is 1.42. The molecule has 0 saturated heterocycles. The zero-order valence-electron chi connectivity index (χ0n) is 12.3. The van der Waals surface area contributed by atoms with Gasteiger partial charge in [0.15, 0.2) is 0 Å². The van der Waals surface area contributed by atoms with Gasteiger partial charge in [0.25, 0.3) is 5.88 Å². The Morgan fingerprint density at radius 3 is 2.76 bits per heavy atom. The molecule has 7 nitrogen and oxygen atoms in total. The molecule has 0 aromatic carbocycles. The molecule has 7 heteroatoms. The lowest BCUT2D eigenvalue weighted by atomic mass is 10.2. The van der Waals surface area contributed by atoms with E-state index in [-0.39, 0.29) is 29.2 Å². The maximum absolute atomic E-state index is 11.3. The highest BCUT2D eigenvalue weighted by Crippen LogP contribution is 2.42. The van der Waals surface area contributed by atoms with Gasteiger partial charge in [0.1, 0.15) is 5.82 Å². The summed E-state index contributed by atoms with van der Waals surface area (Å²) in [7, 11) is 0. The standard InChI is InChI=1S/C14H20N4O3/c1-4-7-15-13-11(18(19)20)14(21-8-9(2)3)17-12(16-13)10-5-6-10/h4,9-10H,1,5-8H2,2-3H3,(H,15,16,17). The molecule has 0 spiro atoms. The molecule has 21 heavy (non-hydrogen) atoms. The third kappa shape index (κ3) is 3.90. The van der Waals surface area contributed by atoms with E-state index in [1.165, 1.54) is 0 Å². The van der Waals surface area contributed by atoms with Crippen LogP contribution in [0, 0.1) is 16.0 Å². The van der Waals surface area contributed by atoms with Gasteiger partial charge in [-0.1, -0.05) is 19.9 Å². The monoisotopic (exact) mass is 292 g/mol. The molecule has 114 valence electrons. The van der Waals surface area contributed by atoms with Crippen LogP contribution >= 0.6 is 0 Å². The van der Waals surface area contributed by atoms with Gasteiger partial charge in [-0.25, -0.2) is 4.98 Å². The molecule has 1 aliphatic rings. The summed E-state index contributed by atoms with van der Waals surface area (Å²) in [6, 6.07) is 0. The molecule has 0 amide bonds. The minimum atomic E-state index is -0.502. The molecule has 0 atom stereocenters. The molecule has 1 saturated carbocycles. The Kier molecular flexibility index (Phi) is 4.72. The van der Waals surface area contributed by atoms with E-state index in [2.05, 4.69) is 21.9 Å². The Morgan fingerprint density at radius 1 is 1.52 bits per heavy atom. The lowest BCUT2D eigenvalue weighted by Gasteiger charge is -2.12. The summed E-state index contributed by atoms with van der Waals surface area (Å²) in [6.45, 7) is 8.32. The topological polar surface area (TPSA) is 90.2 Å². The second kappa shape index (κ2) is 6.51. The molecule has 1 aromatic heterocycles. The van der Waals surface area contributed by atoms with E-state index >= 15 is 0 Å². The molecule has 1 fully saturated rings. The SMILES string of the molecule is C=CCNc1nc(C2CC2)nc(OCC(C)C)c1[N+](=O)[O-]. The highest BCUT2D eigenvalue weighted by Gasteiger charge is 2.32. The smallest absolute Gasteiger partial charge is 0.372 e. The number of nitro groups is 1. The van der Waals surface area contributed by atoms with Crippen LogP contribution < -0.4 is 10.1 Å². The van der Waals surface area contributed by atoms with Crippen molar-refractivity contribution in [3.63, 3.8) is 0 Å². The van der Waals surface area contributed by atoms with Crippen molar-refractivity contribution in [2.75, 3.05) is 18.5 Å². The van der Waals surface area contributed by atoms with Crippen molar-refractivity contribution < 1.29 is 9.66 Å². The largest absolute Gasteiger partial charge is 0.472 e. The molecule has 0 radical (unpaired) electrons. The molecule has 1 aromatic rings. The van der Waals surface area contributed by atoms with Gasteiger partial charge < -0.3 is 10.1 Å². The van der Waals surface area contributed by atoms with Crippen LogP contribution in [0.25, 0.3) is 0 Å². The van der Waals surface area contributed by atoms with Crippen LogP contribution in [0.5, 0.6) is 5.88 Å². The Labute approximate surface area is 123 Å². The molecule has 0 aliphatic heterocycles. The molecule has 0 unspecified atom stereocenters. The number of aromatic nitrogens is 2. The second-order valence-corrected chi connectivity index (χ2v) is 5.49. The van der Waals surface area contributed by atoms with Gasteiger partial charge in [-0.3, -0.25) is 10.1 Å². The summed E-state index contributed by atoms with van der Waals surface area (Å²) < 4.78 is 5.54. The maximum atomic E-state index is 11.3. The minimum absolute atomic E-state index is 0.0529. The molecule has 1 N–H and O–H groups in total. The zero-order valence-corrected chi connectivity index (χ0v) is 12.3. The van der Waals surface area contributed by atoms with Gasteiger partial charge >= 0.3 is 5.69 Å².